The van der Waals surface area contributed by atoms with Gasteiger partial charge >= 0.3 is 0 Å². The molecule has 0 spiro atoms. The lowest BCUT2D eigenvalue weighted by Gasteiger charge is -2.26. The molecule has 1 saturated carbocycles. The van der Waals surface area contributed by atoms with Crippen LogP contribution >= 0.6 is 0 Å². The Kier molecular flexibility index (Phi) is 7.20. The Labute approximate surface area is 124 Å². The highest BCUT2D eigenvalue weighted by molar-refractivity contribution is 5.79. The zero-order valence-electron chi connectivity index (χ0n) is 13.2. The molecule has 116 valence electrons. The van der Waals surface area contributed by atoms with E-state index in [1.807, 2.05) is 0 Å². The highest BCUT2D eigenvalue weighted by Gasteiger charge is 2.19. The van der Waals surface area contributed by atoms with Crippen LogP contribution < -0.4 is 10.6 Å². The molecule has 2 rings (SSSR count). The Hall–Kier alpha value is -0.770. The van der Waals surface area contributed by atoms with Crippen LogP contribution in [0.4, 0.5) is 0 Å². The lowest BCUT2D eigenvalue weighted by Crippen LogP contribution is -2.42. The normalized spacial score (nSPS) is 20.9. The largest absolute Gasteiger partial charge is 0.357 e. The molecular formula is C16H32N4. The molecule has 0 aromatic rings. The van der Waals surface area contributed by atoms with E-state index in [2.05, 4.69) is 27.4 Å². The minimum atomic E-state index is 0.943. The Morgan fingerprint density at radius 3 is 2.65 bits per heavy atom. The molecule has 20 heavy (non-hydrogen) atoms. The standard InChI is InChI=1S/C16H32N4/c1-2-17-16(18-10-6-7-15-8-9-15)19-11-14-20-12-4-3-5-13-20/h15H,2-14H2,1H3,(H2,17,18,19). The van der Waals surface area contributed by atoms with Crippen LogP contribution in [0, 0.1) is 5.92 Å². The van der Waals surface area contributed by atoms with E-state index in [0.29, 0.717) is 0 Å². The number of nitrogens with one attached hydrogen (secondary N) is 2. The van der Waals surface area contributed by atoms with Crippen LogP contribution in [0.2, 0.25) is 0 Å². The van der Waals surface area contributed by atoms with Crippen LogP contribution in [0.25, 0.3) is 0 Å². The predicted octanol–water partition coefficient (Wildman–Crippen LogP) is 2.22. The van der Waals surface area contributed by atoms with Crippen LogP contribution in [0.1, 0.15) is 51.9 Å². The maximum atomic E-state index is 4.67. The van der Waals surface area contributed by atoms with Gasteiger partial charge in [0, 0.05) is 26.2 Å². The van der Waals surface area contributed by atoms with Crippen molar-refractivity contribution in [2.75, 3.05) is 39.3 Å². The van der Waals surface area contributed by atoms with Crippen LogP contribution in [-0.2, 0) is 0 Å². The number of guanidine groups is 1. The maximum absolute atomic E-state index is 4.67. The molecule has 0 bridgehead atoms. The lowest BCUT2D eigenvalue weighted by atomic mass is 10.1. The van der Waals surface area contributed by atoms with E-state index in [9.17, 15) is 0 Å². The summed E-state index contributed by atoms with van der Waals surface area (Å²) >= 11 is 0. The molecule has 0 amide bonds. The number of nitrogens with zero attached hydrogens (tertiary/aromatic N) is 2. The van der Waals surface area contributed by atoms with Gasteiger partial charge in [0.1, 0.15) is 0 Å². The Morgan fingerprint density at radius 1 is 1.15 bits per heavy atom. The van der Waals surface area contributed by atoms with Gasteiger partial charge in [0.2, 0.25) is 0 Å². The fourth-order valence-corrected chi connectivity index (χ4v) is 2.83. The second kappa shape index (κ2) is 9.22. The molecule has 4 heteroatoms. The molecule has 1 saturated heterocycles. The Balaban J connectivity index is 1.58. The first-order chi connectivity index (χ1) is 9.88. The zero-order chi connectivity index (χ0) is 14.0. The zero-order valence-corrected chi connectivity index (χ0v) is 13.2. The van der Waals surface area contributed by atoms with Crippen LogP contribution in [0.3, 0.4) is 0 Å². The molecule has 0 aromatic heterocycles. The summed E-state index contributed by atoms with van der Waals surface area (Å²) in [6.45, 7) is 8.74. The van der Waals surface area contributed by atoms with E-state index in [1.54, 1.807) is 0 Å². The molecule has 2 N–H and O–H groups in total. The van der Waals surface area contributed by atoms with E-state index in [-0.39, 0.29) is 0 Å². The van der Waals surface area contributed by atoms with Gasteiger partial charge in [-0.25, -0.2) is 0 Å². The summed E-state index contributed by atoms with van der Waals surface area (Å²) in [5, 5.41) is 6.81. The predicted molar refractivity (Wildman–Crippen MR) is 86.2 cm³/mol. The van der Waals surface area contributed by atoms with Crippen molar-refractivity contribution < 1.29 is 0 Å². The molecule has 2 fully saturated rings. The molecule has 0 atom stereocenters. The SMILES string of the molecule is CCNC(=NCCCC1CC1)NCCN1CCCCC1. The fourth-order valence-electron chi connectivity index (χ4n) is 2.83. The number of piperidine rings is 1. The monoisotopic (exact) mass is 280 g/mol. The number of hydrogen-bond acceptors (Lipinski definition) is 2. The number of aliphatic imine (C=N–C) groups is 1. The van der Waals surface area contributed by atoms with Gasteiger partial charge in [0.05, 0.1) is 0 Å². The summed E-state index contributed by atoms with van der Waals surface area (Å²) in [5.41, 5.74) is 0. The molecule has 4 nitrogen and oxygen atoms in total. The van der Waals surface area contributed by atoms with Gasteiger partial charge in [0.25, 0.3) is 0 Å². The average Bonchev–Trinajstić information content (AvgIpc) is 3.29. The summed E-state index contributed by atoms with van der Waals surface area (Å²) < 4.78 is 0. The number of likely N-dealkylation sites (tertiary alicyclic amines) is 1. The van der Waals surface area contributed by atoms with Crippen LogP contribution in [-0.4, -0.2) is 50.1 Å². The highest BCUT2D eigenvalue weighted by atomic mass is 15.2. The van der Waals surface area contributed by atoms with E-state index in [1.165, 1.54) is 58.0 Å². The third-order valence-corrected chi connectivity index (χ3v) is 4.25. The van der Waals surface area contributed by atoms with Crippen molar-refractivity contribution in [3.8, 4) is 0 Å². The van der Waals surface area contributed by atoms with E-state index < -0.39 is 0 Å². The smallest absolute Gasteiger partial charge is 0.191 e. The first-order valence-electron chi connectivity index (χ1n) is 8.63. The first kappa shape index (κ1) is 15.6. The molecule has 1 aliphatic carbocycles. The van der Waals surface area contributed by atoms with Gasteiger partial charge in [-0.2, -0.15) is 0 Å². The first-order valence-corrected chi connectivity index (χ1v) is 8.63. The summed E-state index contributed by atoms with van der Waals surface area (Å²) in [4.78, 5) is 7.23. The van der Waals surface area contributed by atoms with Gasteiger partial charge in [-0.3, -0.25) is 4.99 Å². The van der Waals surface area contributed by atoms with E-state index in [0.717, 1.165) is 38.1 Å². The van der Waals surface area contributed by atoms with Crippen molar-refractivity contribution in [1.29, 1.82) is 0 Å². The molecule has 0 unspecified atom stereocenters. The number of rotatable bonds is 8. The van der Waals surface area contributed by atoms with Crippen molar-refractivity contribution in [2.24, 2.45) is 10.9 Å². The topological polar surface area (TPSA) is 39.7 Å². The highest BCUT2D eigenvalue weighted by Crippen LogP contribution is 2.33. The summed E-state index contributed by atoms with van der Waals surface area (Å²) in [6, 6.07) is 0. The lowest BCUT2D eigenvalue weighted by molar-refractivity contribution is 0.232. The van der Waals surface area contributed by atoms with Crippen molar-refractivity contribution in [3.05, 3.63) is 0 Å². The van der Waals surface area contributed by atoms with Crippen molar-refractivity contribution in [2.45, 2.75) is 51.9 Å². The van der Waals surface area contributed by atoms with Crippen molar-refractivity contribution in [3.63, 3.8) is 0 Å². The Bertz CT molecular complexity index is 280. The molecule has 0 radical (unpaired) electrons. The minimum absolute atomic E-state index is 0.943. The van der Waals surface area contributed by atoms with Gasteiger partial charge in [-0.05, 0) is 51.6 Å². The maximum Gasteiger partial charge on any atom is 0.191 e. The minimum Gasteiger partial charge on any atom is -0.357 e. The van der Waals surface area contributed by atoms with Gasteiger partial charge in [-0.1, -0.05) is 19.3 Å². The summed E-state index contributed by atoms with van der Waals surface area (Å²) in [5.74, 6) is 2.03. The van der Waals surface area contributed by atoms with E-state index >= 15 is 0 Å². The second-order valence-corrected chi connectivity index (χ2v) is 6.18. The average molecular weight is 280 g/mol. The third kappa shape index (κ3) is 6.60. The van der Waals surface area contributed by atoms with Crippen molar-refractivity contribution >= 4 is 5.96 Å². The molecule has 1 aliphatic heterocycles. The molecular weight excluding hydrogens is 248 g/mol. The second-order valence-electron chi connectivity index (χ2n) is 6.18. The summed E-state index contributed by atoms with van der Waals surface area (Å²) in [6.07, 6.45) is 9.68. The summed E-state index contributed by atoms with van der Waals surface area (Å²) in [7, 11) is 0. The molecule has 2 aliphatic rings. The van der Waals surface area contributed by atoms with Gasteiger partial charge < -0.3 is 15.5 Å². The van der Waals surface area contributed by atoms with Gasteiger partial charge in [-0.15, -0.1) is 0 Å². The van der Waals surface area contributed by atoms with E-state index in [4.69, 9.17) is 0 Å². The third-order valence-electron chi connectivity index (χ3n) is 4.25. The molecule has 1 heterocycles. The molecule has 0 aromatic carbocycles. The Morgan fingerprint density at radius 2 is 1.95 bits per heavy atom. The fraction of sp³-hybridized carbons (Fsp3) is 0.938. The van der Waals surface area contributed by atoms with Crippen LogP contribution in [0.5, 0.6) is 0 Å². The van der Waals surface area contributed by atoms with Gasteiger partial charge in [0.15, 0.2) is 5.96 Å². The number of hydrogen-bond donors (Lipinski definition) is 2. The van der Waals surface area contributed by atoms with Crippen LogP contribution in [0.15, 0.2) is 4.99 Å². The quantitative estimate of drug-likeness (QED) is 0.407. The van der Waals surface area contributed by atoms with Crippen molar-refractivity contribution in [1.82, 2.24) is 15.5 Å².